The molecule has 0 saturated heterocycles. The summed E-state index contributed by atoms with van der Waals surface area (Å²) in [6.45, 7) is 0.560. The van der Waals surface area contributed by atoms with E-state index in [2.05, 4.69) is 35.9 Å². The van der Waals surface area contributed by atoms with Crippen LogP contribution in [0.2, 0.25) is 0 Å². The predicted molar refractivity (Wildman–Crippen MR) is 118 cm³/mol. The van der Waals surface area contributed by atoms with E-state index >= 15 is 0 Å². The minimum atomic E-state index is -0.336. The van der Waals surface area contributed by atoms with E-state index in [0.29, 0.717) is 17.4 Å². The number of rotatable bonds is 5. The Morgan fingerprint density at radius 2 is 2.07 bits per heavy atom. The number of aromatic amines is 1. The second-order valence-electron chi connectivity index (χ2n) is 6.17. The number of amides is 2. The second kappa shape index (κ2) is 7.49. The monoisotopic (exact) mass is 421 g/mol. The van der Waals surface area contributed by atoms with Gasteiger partial charge in [0.15, 0.2) is 5.13 Å². The minimum absolute atomic E-state index is 0.336. The fraction of sp³-hybridized carbons (Fsp3) is 0.0526. The Morgan fingerprint density at radius 3 is 3.03 bits per heavy atom. The highest BCUT2D eigenvalue weighted by molar-refractivity contribution is 7.16. The van der Waals surface area contributed by atoms with Crippen molar-refractivity contribution in [2.45, 2.75) is 6.54 Å². The van der Waals surface area contributed by atoms with Gasteiger partial charge in [-0.2, -0.15) is 0 Å². The van der Waals surface area contributed by atoms with E-state index in [4.69, 9.17) is 0 Å². The Hall–Kier alpha value is -3.50. The lowest BCUT2D eigenvalue weighted by molar-refractivity contribution is 0.262. The topological polar surface area (TPSA) is 108 Å². The smallest absolute Gasteiger partial charge is 0.325 e. The third kappa shape index (κ3) is 3.62. The van der Waals surface area contributed by atoms with Crippen molar-refractivity contribution in [3.63, 3.8) is 0 Å². The van der Waals surface area contributed by atoms with E-state index in [0.717, 1.165) is 31.8 Å². The highest BCUT2D eigenvalue weighted by Crippen LogP contribution is 2.26. The number of benzene rings is 1. The lowest BCUT2D eigenvalue weighted by Gasteiger charge is -2.06. The number of carbonyl (C=O) groups excluding carboxylic acids is 1. The van der Waals surface area contributed by atoms with Crippen molar-refractivity contribution in [2.75, 3.05) is 16.0 Å². The van der Waals surface area contributed by atoms with Gasteiger partial charge in [0.05, 0.1) is 23.1 Å². The molecule has 29 heavy (non-hydrogen) atoms. The minimum Gasteiger partial charge on any atom is -0.364 e. The molecule has 144 valence electrons. The number of nitrogens with one attached hydrogen (secondary N) is 4. The number of thiophene rings is 1. The average molecular weight is 422 g/mol. The summed E-state index contributed by atoms with van der Waals surface area (Å²) in [5.74, 6) is 0.788. The van der Waals surface area contributed by atoms with Gasteiger partial charge in [-0.15, -0.1) is 11.3 Å². The first kappa shape index (κ1) is 17.6. The van der Waals surface area contributed by atoms with Crippen LogP contribution in [0.3, 0.4) is 0 Å². The van der Waals surface area contributed by atoms with Crippen LogP contribution in [0.25, 0.3) is 21.1 Å². The van der Waals surface area contributed by atoms with Gasteiger partial charge in [-0.25, -0.2) is 19.7 Å². The second-order valence-corrected chi connectivity index (χ2v) is 8.18. The molecular formula is C19H15N7OS2. The van der Waals surface area contributed by atoms with E-state index < -0.39 is 0 Å². The molecule has 0 saturated carbocycles. The van der Waals surface area contributed by atoms with Crippen LogP contribution in [0.4, 0.5) is 21.4 Å². The Morgan fingerprint density at radius 1 is 1.10 bits per heavy atom. The van der Waals surface area contributed by atoms with Crippen molar-refractivity contribution >= 4 is 66.5 Å². The molecule has 0 aliphatic heterocycles. The van der Waals surface area contributed by atoms with E-state index in [9.17, 15) is 4.79 Å². The third-order valence-corrected chi connectivity index (χ3v) is 6.03. The summed E-state index contributed by atoms with van der Waals surface area (Å²) in [5, 5.41) is 13.5. The van der Waals surface area contributed by atoms with Crippen LogP contribution in [0.15, 0.2) is 54.4 Å². The molecule has 0 fully saturated rings. The summed E-state index contributed by atoms with van der Waals surface area (Å²) >= 11 is 2.99. The van der Waals surface area contributed by atoms with Crippen LogP contribution in [0.5, 0.6) is 0 Å². The number of anilines is 3. The number of thiazole rings is 1. The maximum absolute atomic E-state index is 12.4. The Kier molecular flexibility index (Phi) is 4.54. The standard InChI is InChI=1S/C19H15N7OS2/c27-18(25-14-3-1-2-11-4-6-20-15(11)14)26-19-22-9-12(29-19)8-21-16-13-5-7-28-17(13)24-10-23-16/h1-7,9-10,20H,8H2,(H,21,23,24)(H2,22,25,26,27). The lowest BCUT2D eigenvalue weighted by atomic mass is 10.2. The lowest BCUT2D eigenvalue weighted by Crippen LogP contribution is -2.19. The van der Waals surface area contributed by atoms with Gasteiger partial charge in [-0.3, -0.25) is 5.32 Å². The molecule has 5 aromatic rings. The van der Waals surface area contributed by atoms with Gasteiger partial charge in [-0.1, -0.05) is 23.5 Å². The molecule has 0 atom stereocenters. The van der Waals surface area contributed by atoms with Crippen LogP contribution in [0, 0.1) is 0 Å². The molecule has 8 nitrogen and oxygen atoms in total. The number of hydrogen-bond donors (Lipinski definition) is 4. The molecule has 4 aromatic heterocycles. The number of aromatic nitrogens is 4. The Labute approximate surface area is 173 Å². The zero-order chi connectivity index (χ0) is 19.6. The SMILES string of the molecule is O=C(Nc1ncc(CNc2ncnc3sccc23)s1)Nc1cccc2cc[nH]c12. The van der Waals surface area contributed by atoms with Crippen LogP contribution in [-0.2, 0) is 6.54 Å². The quantitative estimate of drug-likeness (QED) is 0.323. The molecule has 5 rings (SSSR count). The summed E-state index contributed by atoms with van der Waals surface area (Å²) in [7, 11) is 0. The number of carbonyl (C=O) groups is 1. The fourth-order valence-electron chi connectivity index (χ4n) is 2.99. The van der Waals surface area contributed by atoms with Gasteiger partial charge in [0.2, 0.25) is 0 Å². The summed E-state index contributed by atoms with van der Waals surface area (Å²) in [4.78, 5) is 30.2. The first-order chi connectivity index (χ1) is 14.3. The number of nitrogens with zero attached hydrogens (tertiary/aromatic N) is 3. The highest BCUT2D eigenvalue weighted by atomic mass is 32.1. The number of hydrogen-bond acceptors (Lipinski definition) is 7. The van der Waals surface area contributed by atoms with Gasteiger partial charge < -0.3 is 15.6 Å². The maximum Gasteiger partial charge on any atom is 0.325 e. The third-order valence-electron chi connectivity index (χ3n) is 4.30. The largest absolute Gasteiger partial charge is 0.364 e. The Balaban J connectivity index is 1.23. The zero-order valence-corrected chi connectivity index (χ0v) is 16.6. The first-order valence-electron chi connectivity index (χ1n) is 8.77. The molecule has 2 amide bonds. The summed E-state index contributed by atoms with van der Waals surface area (Å²) < 4.78 is 0. The van der Waals surface area contributed by atoms with Crippen LogP contribution < -0.4 is 16.0 Å². The number of urea groups is 1. The van der Waals surface area contributed by atoms with Crippen LogP contribution in [-0.4, -0.2) is 26.0 Å². The maximum atomic E-state index is 12.4. The molecule has 4 N–H and O–H groups in total. The van der Waals surface area contributed by atoms with Crippen LogP contribution in [0.1, 0.15) is 4.88 Å². The summed E-state index contributed by atoms with van der Waals surface area (Å²) in [6, 6.07) is 9.35. The molecule has 0 spiro atoms. The normalized spacial score (nSPS) is 11.0. The number of H-pyrrole nitrogens is 1. The van der Waals surface area contributed by atoms with E-state index in [1.807, 2.05) is 41.9 Å². The molecule has 0 bridgehead atoms. The van der Waals surface area contributed by atoms with Gasteiger partial charge >= 0.3 is 6.03 Å². The van der Waals surface area contributed by atoms with Crippen LogP contribution >= 0.6 is 22.7 Å². The van der Waals surface area contributed by atoms with Crippen molar-refractivity contribution in [3.8, 4) is 0 Å². The highest BCUT2D eigenvalue weighted by Gasteiger charge is 2.10. The summed E-state index contributed by atoms with van der Waals surface area (Å²) in [5.41, 5.74) is 1.60. The van der Waals surface area contributed by atoms with Crippen molar-refractivity contribution in [1.82, 2.24) is 19.9 Å². The van der Waals surface area contributed by atoms with E-state index in [1.54, 1.807) is 23.9 Å². The van der Waals surface area contributed by atoms with Crippen molar-refractivity contribution in [2.24, 2.45) is 0 Å². The molecule has 0 radical (unpaired) electrons. The van der Waals surface area contributed by atoms with Gasteiger partial charge in [-0.05, 0) is 23.6 Å². The van der Waals surface area contributed by atoms with E-state index in [1.165, 1.54) is 11.3 Å². The molecule has 1 aromatic carbocycles. The molecule has 0 aliphatic rings. The first-order valence-corrected chi connectivity index (χ1v) is 10.5. The summed E-state index contributed by atoms with van der Waals surface area (Å²) in [6.07, 6.45) is 5.14. The van der Waals surface area contributed by atoms with Gasteiger partial charge in [0.1, 0.15) is 17.0 Å². The fourth-order valence-corrected chi connectivity index (χ4v) is 4.47. The molecule has 10 heteroatoms. The van der Waals surface area contributed by atoms with Gasteiger partial charge in [0, 0.05) is 22.7 Å². The van der Waals surface area contributed by atoms with Crippen molar-refractivity contribution in [1.29, 1.82) is 0 Å². The van der Waals surface area contributed by atoms with Gasteiger partial charge in [0.25, 0.3) is 0 Å². The number of para-hydroxylation sites is 1. The predicted octanol–water partition coefficient (Wildman–Crippen LogP) is 4.89. The molecule has 4 heterocycles. The zero-order valence-electron chi connectivity index (χ0n) is 15.0. The van der Waals surface area contributed by atoms with Crippen molar-refractivity contribution in [3.05, 3.63) is 59.3 Å². The molecule has 0 aliphatic carbocycles. The molecular weight excluding hydrogens is 406 g/mol. The Bertz CT molecular complexity index is 1310. The van der Waals surface area contributed by atoms with Crippen molar-refractivity contribution < 1.29 is 4.79 Å². The average Bonchev–Trinajstić information content (AvgIpc) is 3.47. The molecule has 0 unspecified atom stereocenters. The number of fused-ring (bicyclic) bond motifs is 2. The van der Waals surface area contributed by atoms with E-state index in [-0.39, 0.29) is 6.03 Å².